The average molecular weight is 346 g/mol. The van der Waals surface area contributed by atoms with Crippen molar-refractivity contribution in [3.8, 4) is 17.0 Å². The number of nitrogen functional groups attached to an aromatic ring is 1. The zero-order valence-electron chi connectivity index (χ0n) is 11.2. The average Bonchev–Trinajstić information content (AvgIpc) is 2.51. The molecule has 0 spiro atoms. The van der Waals surface area contributed by atoms with Crippen molar-refractivity contribution in [3.05, 3.63) is 57.3 Å². The molecular formula is C15H12BrN3O2. The SMILES string of the molecule is COc1ccc(-c2nn(N)c(=O)c3cc(Br)ccc23)cc1. The van der Waals surface area contributed by atoms with E-state index in [1.54, 1.807) is 13.2 Å². The largest absolute Gasteiger partial charge is 0.497 e. The predicted octanol–water partition coefficient (Wildman–Crippen LogP) is 2.55. The number of nitrogens with zero attached hydrogens (tertiary/aromatic N) is 2. The minimum atomic E-state index is -0.330. The molecule has 0 saturated heterocycles. The van der Waals surface area contributed by atoms with Crippen LogP contribution in [0.25, 0.3) is 22.0 Å². The second-order valence-corrected chi connectivity index (χ2v) is 5.43. The third-order valence-electron chi connectivity index (χ3n) is 3.25. The van der Waals surface area contributed by atoms with Crippen molar-refractivity contribution in [3.63, 3.8) is 0 Å². The molecule has 0 aliphatic rings. The summed E-state index contributed by atoms with van der Waals surface area (Å²) in [5.74, 6) is 6.44. The number of aromatic nitrogens is 2. The highest BCUT2D eigenvalue weighted by molar-refractivity contribution is 9.10. The van der Waals surface area contributed by atoms with Crippen LogP contribution < -0.4 is 16.1 Å². The van der Waals surface area contributed by atoms with Crippen molar-refractivity contribution in [2.45, 2.75) is 0 Å². The molecule has 2 N–H and O–H groups in total. The lowest BCUT2D eigenvalue weighted by atomic mass is 10.1. The highest BCUT2D eigenvalue weighted by Crippen LogP contribution is 2.27. The van der Waals surface area contributed by atoms with Crippen LogP contribution in [-0.4, -0.2) is 17.0 Å². The van der Waals surface area contributed by atoms with Crippen LogP contribution >= 0.6 is 15.9 Å². The fraction of sp³-hybridized carbons (Fsp3) is 0.0667. The third kappa shape index (κ3) is 2.38. The normalized spacial score (nSPS) is 10.8. The van der Waals surface area contributed by atoms with E-state index in [9.17, 15) is 4.79 Å². The first-order valence-electron chi connectivity index (χ1n) is 6.22. The minimum absolute atomic E-state index is 0.330. The van der Waals surface area contributed by atoms with E-state index >= 15 is 0 Å². The van der Waals surface area contributed by atoms with Gasteiger partial charge in [-0.2, -0.15) is 0 Å². The lowest BCUT2D eigenvalue weighted by Gasteiger charge is -2.09. The number of benzene rings is 2. The van der Waals surface area contributed by atoms with Gasteiger partial charge in [-0.25, -0.2) is 0 Å². The standard InChI is InChI=1S/C15H12BrN3O2/c1-21-11-5-2-9(3-6-11)14-12-7-4-10(16)8-13(12)15(20)19(17)18-14/h2-8H,17H2,1H3. The molecule has 3 aromatic rings. The quantitative estimate of drug-likeness (QED) is 0.724. The van der Waals surface area contributed by atoms with E-state index in [1.807, 2.05) is 36.4 Å². The Kier molecular flexibility index (Phi) is 3.39. The molecule has 6 heteroatoms. The number of halogens is 1. The predicted molar refractivity (Wildman–Crippen MR) is 85.8 cm³/mol. The summed E-state index contributed by atoms with van der Waals surface area (Å²) >= 11 is 3.36. The van der Waals surface area contributed by atoms with Gasteiger partial charge in [0.05, 0.1) is 12.5 Å². The first-order chi connectivity index (χ1) is 10.1. The van der Waals surface area contributed by atoms with Crippen molar-refractivity contribution in [2.75, 3.05) is 13.0 Å². The van der Waals surface area contributed by atoms with Crippen LogP contribution in [0.4, 0.5) is 0 Å². The highest BCUT2D eigenvalue weighted by atomic mass is 79.9. The van der Waals surface area contributed by atoms with E-state index in [1.165, 1.54) is 0 Å². The second-order valence-electron chi connectivity index (χ2n) is 4.52. The molecule has 5 nitrogen and oxygen atoms in total. The van der Waals surface area contributed by atoms with Crippen molar-refractivity contribution < 1.29 is 4.74 Å². The molecule has 0 radical (unpaired) electrons. The molecule has 0 bridgehead atoms. The molecule has 1 heterocycles. The van der Waals surface area contributed by atoms with Crippen LogP contribution in [0.3, 0.4) is 0 Å². The summed E-state index contributed by atoms with van der Waals surface area (Å²) in [6, 6.07) is 12.9. The molecule has 106 valence electrons. The van der Waals surface area contributed by atoms with Gasteiger partial charge in [0, 0.05) is 15.4 Å². The maximum Gasteiger partial charge on any atom is 0.293 e. The fourth-order valence-corrected chi connectivity index (χ4v) is 2.55. The van der Waals surface area contributed by atoms with Gasteiger partial charge in [-0.1, -0.05) is 22.0 Å². The van der Waals surface area contributed by atoms with Gasteiger partial charge in [0.25, 0.3) is 5.56 Å². The second kappa shape index (κ2) is 5.21. The first kappa shape index (κ1) is 13.6. The van der Waals surface area contributed by atoms with Gasteiger partial charge in [-0.15, -0.1) is 9.89 Å². The summed E-state index contributed by atoms with van der Waals surface area (Å²) < 4.78 is 5.96. The van der Waals surface area contributed by atoms with Crippen LogP contribution in [0.5, 0.6) is 5.75 Å². The number of hydrogen-bond donors (Lipinski definition) is 1. The molecular weight excluding hydrogens is 334 g/mol. The van der Waals surface area contributed by atoms with Gasteiger partial charge in [0.15, 0.2) is 0 Å². The fourth-order valence-electron chi connectivity index (χ4n) is 2.19. The van der Waals surface area contributed by atoms with Crippen LogP contribution in [0.15, 0.2) is 51.7 Å². The molecule has 0 aliphatic carbocycles. The molecule has 0 fully saturated rings. The molecule has 0 amide bonds. The van der Waals surface area contributed by atoms with Crippen LogP contribution in [-0.2, 0) is 0 Å². The minimum Gasteiger partial charge on any atom is -0.497 e. The van der Waals surface area contributed by atoms with Gasteiger partial charge in [0.1, 0.15) is 11.4 Å². The zero-order chi connectivity index (χ0) is 15.0. The van der Waals surface area contributed by atoms with E-state index < -0.39 is 0 Å². The van der Waals surface area contributed by atoms with Crippen molar-refractivity contribution >= 4 is 26.7 Å². The number of nitrogens with two attached hydrogens (primary N) is 1. The number of ether oxygens (including phenoxy) is 1. The Bertz CT molecular complexity index is 872. The van der Waals surface area contributed by atoms with Crippen LogP contribution in [0.1, 0.15) is 0 Å². The maximum absolute atomic E-state index is 12.1. The van der Waals surface area contributed by atoms with Crippen molar-refractivity contribution in [1.82, 2.24) is 9.89 Å². The van der Waals surface area contributed by atoms with Gasteiger partial charge in [-0.05, 0) is 36.4 Å². The van der Waals surface area contributed by atoms with Crippen molar-refractivity contribution in [2.24, 2.45) is 0 Å². The van der Waals surface area contributed by atoms with E-state index in [-0.39, 0.29) is 5.56 Å². The van der Waals surface area contributed by atoms with Gasteiger partial charge < -0.3 is 10.6 Å². The summed E-state index contributed by atoms with van der Waals surface area (Å²) in [4.78, 5) is 13.0. The Morgan fingerprint density at radius 1 is 1.14 bits per heavy atom. The first-order valence-corrected chi connectivity index (χ1v) is 7.01. The Morgan fingerprint density at radius 2 is 1.86 bits per heavy atom. The number of methoxy groups -OCH3 is 1. The van der Waals surface area contributed by atoms with Crippen LogP contribution in [0, 0.1) is 0 Å². The highest BCUT2D eigenvalue weighted by Gasteiger charge is 2.11. The zero-order valence-corrected chi connectivity index (χ0v) is 12.8. The van der Waals surface area contributed by atoms with Crippen LogP contribution in [0.2, 0.25) is 0 Å². The summed E-state index contributed by atoms with van der Waals surface area (Å²) in [5, 5.41) is 5.46. The molecule has 21 heavy (non-hydrogen) atoms. The number of fused-ring (bicyclic) bond motifs is 1. The summed E-state index contributed by atoms with van der Waals surface area (Å²) in [7, 11) is 1.61. The maximum atomic E-state index is 12.1. The molecule has 0 saturated carbocycles. The number of rotatable bonds is 2. The van der Waals surface area contributed by atoms with Gasteiger partial charge in [0.2, 0.25) is 0 Å². The molecule has 3 rings (SSSR count). The molecule has 1 aromatic heterocycles. The summed E-state index contributed by atoms with van der Waals surface area (Å²) in [6.07, 6.45) is 0. The monoisotopic (exact) mass is 345 g/mol. The Labute approximate surface area is 129 Å². The molecule has 0 aliphatic heterocycles. The Balaban J connectivity index is 2.31. The topological polar surface area (TPSA) is 70.1 Å². The Hall–Kier alpha value is -2.34. The summed E-state index contributed by atoms with van der Waals surface area (Å²) in [6.45, 7) is 0. The summed E-state index contributed by atoms with van der Waals surface area (Å²) in [5.41, 5.74) is 1.19. The Morgan fingerprint density at radius 3 is 2.52 bits per heavy atom. The lowest BCUT2D eigenvalue weighted by Crippen LogP contribution is -2.30. The van der Waals surface area contributed by atoms with Gasteiger partial charge >= 0.3 is 0 Å². The van der Waals surface area contributed by atoms with Crippen molar-refractivity contribution in [1.29, 1.82) is 0 Å². The van der Waals surface area contributed by atoms with E-state index in [0.717, 1.165) is 26.0 Å². The van der Waals surface area contributed by atoms with Gasteiger partial charge in [-0.3, -0.25) is 4.79 Å². The molecule has 0 atom stereocenters. The van der Waals surface area contributed by atoms with E-state index in [2.05, 4.69) is 21.0 Å². The van der Waals surface area contributed by atoms with E-state index in [0.29, 0.717) is 11.1 Å². The third-order valence-corrected chi connectivity index (χ3v) is 3.74. The smallest absolute Gasteiger partial charge is 0.293 e. The number of hydrogen-bond acceptors (Lipinski definition) is 4. The van der Waals surface area contributed by atoms with E-state index in [4.69, 9.17) is 10.6 Å². The lowest BCUT2D eigenvalue weighted by molar-refractivity contribution is 0.415. The molecule has 2 aromatic carbocycles. The molecule has 0 unspecified atom stereocenters.